The first kappa shape index (κ1) is 17.4. The summed E-state index contributed by atoms with van der Waals surface area (Å²) in [5.74, 6) is -0.361. The van der Waals surface area contributed by atoms with E-state index >= 15 is 0 Å². The van der Waals surface area contributed by atoms with Crippen LogP contribution < -0.4 is 4.74 Å². The van der Waals surface area contributed by atoms with E-state index in [9.17, 15) is 13.2 Å². The zero-order valence-electron chi connectivity index (χ0n) is 13.6. The minimum atomic E-state index is -2.88. The van der Waals surface area contributed by atoms with Gasteiger partial charge in [0.25, 0.3) is 0 Å². The third kappa shape index (κ3) is 3.46. The molecule has 4 aromatic rings. The Balaban J connectivity index is 1.76. The molecular weight excluding hydrogens is 379 g/mol. The lowest BCUT2D eigenvalue weighted by atomic mass is 10.1. The molecule has 0 fully saturated rings. The molecule has 0 N–H and O–H groups in total. The lowest BCUT2D eigenvalue weighted by molar-refractivity contribution is -0.0498. The van der Waals surface area contributed by atoms with E-state index in [-0.39, 0.29) is 10.8 Å². The van der Waals surface area contributed by atoms with Crippen LogP contribution in [0.4, 0.5) is 13.2 Å². The van der Waals surface area contributed by atoms with Crippen LogP contribution in [0, 0.1) is 5.82 Å². The third-order valence-corrected chi connectivity index (χ3v) is 4.29. The van der Waals surface area contributed by atoms with E-state index < -0.39 is 12.4 Å². The molecular formula is C19H11ClF3N3O. The molecule has 0 bridgehead atoms. The maximum Gasteiger partial charge on any atom is 0.387 e. The Labute approximate surface area is 156 Å². The Morgan fingerprint density at radius 2 is 1.78 bits per heavy atom. The van der Waals surface area contributed by atoms with Gasteiger partial charge in [-0.15, -0.1) is 0 Å². The molecule has 4 rings (SSSR count). The van der Waals surface area contributed by atoms with Crippen LogP contribution in [0.3, 0.4) is 0 Å². The first-order chi connectivity index (χ1) is 13.0. The highest BCUT2D eigenvalue weighted by atomic mass is 35.5. The van der Waals surface area contributed by atoms with Gasteiger partial charge in [-0.05, 0) is 48.5 Å². The predicted octanol–water partition coefficient (Wildman–Crippen LogP) is 5.48. The van der Waals surface area contributed by atoms with Crippen molar-refractivity contribution >= 4 is 22.6 Å². The fourth-order valence-corrected chi connectivity index (χ4v) is 3.01. The lowest BCUT2D eigenvalue weighted by Gasteiger charge is -2.08. The normalized spacial score (nSPS) is 11.3. The van der Waals surface area contributed by atoms with Gasteiger partial charge in [0.2, 0.25) is 0 Å². The third-order valence-electron chi connectivity index (χ3n) is 3.98. The van der Waals surface area contributed by atoms with Gasteiger partial charge >= 0.3 is 6.61 Å². The minimum Gasteiger partial charge on any atom is -0.435 e. The molecule has 0 unspecified atom stereocenters. The average molecular weight is 390 g/mol. The van der Waals surface area contributed by atoms with Crippen molar-refractivity contribution in [3.63, 3.8) is 0 Å². The monoisotopic (exact) mass is 389 g/mol. The number of ether oxygens (including phenoxy) is 1. The van der Waals surface area contributed by atoms with Crippen molar-refractivity contribution in [2.24, 2.45) is 0 Å². The summed E-state index contributed by atoms with van der Waals surface area (Å²) >= 11 is 6.13. The molecule has 2 aromatic carbocycles. The van der Waals surface area contributed by atoms with Gasteiger partial charge in [0.15, 0.2) is 0 Å². The second-order valence-corrected chi connectivity index (χ2v) is 6.08. The quantitative estimate of drug-likeness (QED) is 0.464. The molecule has 2 heterocycles. The maximum absolute atomic E-state index is 13.3. The number of imidazole rings is 1. The van der Waals surface area contributed by atoms with Crippen LogP contribution in [0.1, 0.15) is 0 Å². The molecule has 0 saturated carbocycles. The first-order valence-electron chi connectivity index (χ1n) is 7.85. The molecule has 0 saturated heterocycles. The highest BCUT2D eigenvalue weighted by Gasteiger charge is 2.11. The fourth-order valence-electron chi connectivity index (χ4n) is 2.75. The molecule has 0 spiro atoms. The zero-order valence-corrected chi connectivity index (χ0v) is 14.4. The van der Waals surface area contributed by atoms with E-state index in [4.69, 9.17) is 11.6 Å². The molecule has 136 valence electrons. The SMILES string of the molecule is Fc1ccc(-c2cc3c(cn2)ncn3-c2ccc(OC(F)F)cc2)c(Cl)c1. The van der Waals surface area contributed by atoms with Crippen LogP contribution >= 0.6 is 11.6 Å². The van der Waals surface area contributed by atoms with Crippen LogP contribution in [0.15, 0.2) is 61.1 Å². The molecule has 0 amide bonds. The number of rotatable bonds is 4. The maximum atomic E-state index is 13.3. The number of pyridine rings is 1. The number of halogens is 4. The van der Waals surface area contributed by atoms with Gasteiger partial charge in [0.05, 0.1) is 22.4 Å². The van der Waals surface area contributed by atoms with E-state index in [1.54, 1.807) is 41.4 Å². The van der Waals surface area contributed by atoms with Crippen LogP contribution in [-0.4, -0.2) is 21.1 Å². The van der Waals surface area contributed by atoms with Crippen LogP contribution in [0.25, 0.3) is 28.0 Å². The van der Waals surface area contributed by atoms with Crippen LogP contribution in [-0.2, 0) is 0 Å². The van der Waals surface area contributed by atoms with Gasteiger partial charge < -0.3 is 4.74 Å². The van der Waals surface area contributed by atoms with Crippen molar-refractivity contribution in [3.05, 3.63) is 71.9 Å². The Bertz CT molecular complexity index is 1110. The van der Waals surface area contributed by atoms with Gasteiger partial charge in [-0.1, -0.05) is 11.6 Å². The van der Waals surface area contributed by atoms with E-state index in [1.165, 1.54) is 24.3 Å². The van der Waals surface area contributed by atoms with Gasteiger partial charge in [-0.2, -0.15) is 8.78 Å². The van der Waals surface area contributed by atoms with Crippen molar-refractivity contribution < 1.29 is 17.9 Å². The van der Waals surface area contributed by atoms with Crippen LogP contribution in [0.5, 0.6) is 5.75 Å². The number of hydrogen-bond donors (Lipinski definition) is 0. The summed E-state index contributed by atoms with van der Waals surface area (Å²) < 4.78 is 44.0. The minimum absolute atomic E-state index is 0.0682. The largest absolute Gasteiger partial charge is 0.435 e. The number of hydrogen-bond acceptors (Lipinski definition) is 3. The molecule has 0 atom stereocenters. The van der Waals surface area contributed by atoms with Crippen molar-refractivity contribution in [2.45, 2.75) is 6.61 Å². The summed E-state index contributed by atoms with van der Waals surface area (Å²) in [4.78, 5) is 8.63. The number of aromatic nitrogens is 3. The van der Waals surface area contributed by atoms with Gasteiger partial charge in [-0.3, -0.25) is 9.55 Å². The second-order valence-electron chi connectivity index (χ2n) is 5.67. The van der Waals surface area contributed by atoms with Crippen LogP contribution in [0.2, 0.25) is 5.02 Å². The molecule has 0 aliphatic carbocycles. The van der Waals surface area contributed by atoms with Crippen molar-refractivity contribution in [3.8, 4) is 22.7 Å². The Morgan fingerprint density at radius 1 is 1.00 bits per heavy atom. The molecule has 0 radical (unpaired) electrons. The van der Waals surface area contributed by atoms with Crippen molar-refractivity contribution in [1.29, 1.82) is 0 Å². The topological polar surface area (TPSA) is 39.9 Å². The Morgan fingerprint density at radius 3 is 2.48 bits per heavy atom. The number of fused-ring (bicyclic) bond motifs is 1. The van der Waals surface area contributed by atoms with E-state index in [2.05, 4.69) is 14.7 Å². The van der Waals surface area contributed by atoms with Crippen molar-refractivity contribution in [1.82, 2.24) is 14.5 Å². The van der Waals surface area contributed by atoms with E-state index in [0.717, 1.165) is 5.52 Å². The first-order valence-corrected chi connectivity index (χ1v) is 8.23. The summed E-state index contributed by atoms with van der Waals surface area (Å²) in [6, 6.07) is 12.1. The molecule has 27 heavy (non-hydrogen) atoms. The van der Waals surface area contributed by atoms with E-state index in [0.29, 0.717) is 22.5 Å². The molecule has 2 aromatic heterocycles. The number of alkyl halides is 2. The molecule has 4 nitrogen and oxygen atoms in total. The summed E-state index contributed by atoms with van der Waals surface area (Å²) in [5, 5.41) is 0.251. The zero-order chi connectivity index (χ0) is 19.0. The molecule has 0 aliphatic rings. The van der Waals surface area contributed by atoms with Gasteiger partial charge in [-0.25, -0.2) is 9.37 Å². The molecule has 0 aliphatic heterocycles. The van der Waals surface area contributed by atoms with E-state index in [1.807, 2.05) is 0 Å². The average Bonchev–Trinajstić information content (AvgIpc) is 3.05. The summed E-state index contributed by atoms with van der Waals surface area (Å²) in [5.41, 5.74) is 3.24. The standard InChI is InChI=1S/C19H11ClF3N3O/c20-15-7-11(21)1-6-14(15)16-8-18-17(9-24-16)25-10-26(18)12-2-4-13(5-3-12)27-19(22)23/h1-10,19H. The van der Waals surface area contributed by atoms with Gasteiger partial charge in [0, 0.05) is 11.3 Å². The number of nitrogens with zero attached hydrogens (tertiary/aromatic N) is 3. The smallest absolute Gasteiger partial charge is 0.387 e. The van der Waals surface area contributed by atoms with Gasteiger partial charge in [0.1, 0.15) is 23.4 Å². The van der Waals surface area contributed by atoms with Crippen molar-refractivity contribution in [2.75, 3.05) is 0 Å². The highest BCUT2D eigenvalue weighted by Crippen LogP contribution is 2.30. The molecule has 8 heteroatoms. The lowest BCUT2D eigenvalue weighted by Crippen LogP contribution is -2.02. The summed E-state index contributed by atoms with van der Waals surface area (Å²) in [6.07, 6.45) is 3.19. The Hall–Kier alpha value is -3.06. The second kappa shape index (κ2) is 6.92. The predicted molar refractivity (Wildman–Crippen MR) is 95.9 cm³/mol. The Kier molecular flexibility index (Phi) is 4.45. The summed E-state index contributed by atoms with van der Waals surface area (Å²) in [7, 11) is 0. The summed E-state index contributed by atoms with van der Waals surface area (Å²) in [6.45, 7) is -2.88. The fraction of sp³-hybridized carbons (Fsp3) is 0.0526. The number of benzene rings is 2. The highest BCUT2D eigenvalue weighted by molar-refractivity contribution is 6.33.